The number of ketones is 1. The van der Waals surface area contributed by atoms with Gasteiger partial charge in [-0.2, -0.15) is 0 Å². The zero-order valence-corrected chi connectivity index (χ0v) is 13.1. The highest BCUT2D eigenvalue weighted by Gasteiger charge is 2.25. The van der Waals surface area contributed by atoms with E-state index in [4.69, 9.17) is 0 Å². The van der Waals surface area contributed by atoms with Crippen LogP contribution in [-0.4, -0.2) is 5.78 Å². The Hall–Kier alpha value is -0.850. The molecule has 0 fully saturated rings. The summed E-state index contributed by atoms with van der Waals surface area (Å²) < 4.78 is 0. The van der Waals surface area contributed by atoms with Gasteiger partial charge in [-0.3, -0.25) is 4.79 Å². The largest absolute Gasteiger partial charge is 0.294 e. The van der Waals surface area contributed by atoms with Crippen molar-refractivity contribution in [2.24, 2.45) is 0 Å². The number of unbranched alkanes of at least 4 members (excludes halogenated alkanes) is 4. The van der Waals surface area contributed by atoms with Gasteiger partial charge in [0.05, 0.1) is 0 Å². The molecule has 0 aromatic rings. The summed E-state index contributed by atoms with van der Waals surface area (Å²) in [7, 11) is 0. The van der Waals surface area contributed by atoms with Crippen molar-refractivity contribution in [1.82, 2.24) is 0 Å². The highest BCUT2D eigenvalue weighted by molar-refractivity contribution is 6.02. The number of Topliss-reactive ketones (excluding diaryl/α,β-unsaturated/α-hetero) is 1. The summed E-state index contributed by atoms with van der Waals surface area (Å²) in [5.74, 6) is 0.394. The third-order valence-electron chi connectivity index (χ3n) is 3.89. The summed E-state index contributed by atoms with van der Waals surface area (Å²) in [6.07, 6.45) is 13.7. The van der Waals surface area contributed by atoms with Crippen molar-refractivity contribution < 1.29 is 4.79 Å². The van der Waals surface area contributed by atoms with Crippen LogP contribution in [0.25, 0.3) is 0 Å². The molecule has 0 N–H and O–H groups in total. The highest BCUT2D eigenvalue weighted by atomic mass is 16.1. The molecule has 0 saturated carbocycles. The van der Waals surface area contributed by atoms with Gasteiger partial charge in [-0.05, 0) is 42.4 Å². The van der Waals surface area contributed by atoms with Gasteiger partial charge < -0.3 is 0 Å². The fourth-order valence-electron chi connectivity index (χ4n) is 2.89. The lowest BCUT2D eigenvalue weighted by Crippen LogP contribution is -1.95. The topological polar surface area (TPSA) is 17.1 Å². The monoisotopic (exact) mass is 262 g/mol. The van der Waals surface area contributed by atoms with Crippen molar-refractivity contribution in [3.05, 3.63) is 22.8 Å². The van der Waals surface area contributed by atoms with Crippen LogP contribution in [0.4, 0.5) is 0 Å². The molecular weight excluding hydrogens is 232 g/mol. The first-order valence-corrected chi connectivity index (χ1v) is 8.19. The van der Waals surface area contributed by atoms with Crippen LogP contribution < -0.4 is 0 Å². The van der Waals surface area contributed by atoms with Crippen LogP contribution in [0.15, 0.2) is 22.8 Å². The second-order valence-electron chi connectivity index (χ2n) is 5.64. The van der Waals surface area contributed by atoms with E-state index < -0.39 is 0 Å². The first-order chi connectivity index (χ1) is 9.24. The minimum absolute atomic E-state index is 0.394. The summed E-state index contributed by atoms with van der Waals surface area (Å²) in [6, 6.07) is 0. The number of rotatable bonds is 9. The fourth-order valence-corrected chi connectivity index (χ4v) is 2.89. The molecule has 0 saturated heterocycles. The average Bonchev–Trinajstić information content (AvgIpc) is 2.68. The van der Waals surface area contributed by atoms with E-state index in [1.165, 1.54) is 36.8 Å². The summed E-state index contributed by atoms with van der Waals surface area (Å²) in [6.45, 7) is 6.61. The van der Waals surface area contributed by atoms with Gasteiger partial charge in [-0.1, -0.05) is 59.0 Å². The van der Waals surface area contributed by atoms with Gasteiger partial charge in [0.25, 0.3) is 0 Å². The van der Waals surface area contributed by atoms with Crippen molar-refractivity contribution in [3.63, 3.8) is 0 Å². The maximum Gasteiger partial charge on any atom is 0.163 e. The van der Waals surface area contributed by atoms with Gasteiger partial charge in [-0.15, -0.1) is 0 Å². The van der Waals surface area contributed by atoms with Crippen molar-refractivity contribution in [2.75, 3.05) is 0 Å². The average molecular weight is 262 g/mol. The first kappa shape index (κ1) is 16.2. The summed E-state index contributed by atoms with van der Waals surface area (Å²) in [5.41, 5.74) is 3.89. The molecule has 0 aromatic carbocycles. The number of hydrogen-bond acceptors (Lipinski definition) is 1. The Kier molecular flexibility index (Phi) is 7.78. The zero-order valence-electron chi connectivity index (χ0n) is 13.1. The second kappa shape index (κ2) is 9.12. The van der Waals surface area contributed by atoms with E-state index in [0.717, 1.165) is 37.7 Å². The summed E-state index contributed by atoms with van der Waals surface area (Å²) in [5, 5.41) is 0. The Balaban J connectivity index is 2.66. The smallest absolute Gasteiger partial charge is 0.163 e. The van der Waals surface area contributed by atoms with E-state index >= 15 is 0 Å². The molecule has 1 aliphatic carbocycles. The van der Waals surface area contributed by atoms with Crippen LogP contribution in [0.3, 0.4) is 0 Å². The van der Waals surface area contributed by atoms with E-state index in [2.05, 4.69) is 26.8 Å². The van der Waals surface area contributed by atoms with Crippen molar-refractivity contribution >= 4 is 5.78 Å². The molecule has 0 bridgehead atoms. The molecule has 0 unspecified atom stereocenters. The van der Waals surface area contributed by atoms with Crippen LogP contribution in [0.5, 0.6) is 0 Å². The first-order valence-electron chi connectivity index (χ1n) is 8.19. The molecule has 19 heavy (non-hydrogen) atoms. The predicted octanol–water partition coefficient (Wildman–Crippen LogP) is 5.75. The van der Waals surface area contributed by atoms with E-state index in [9.17, 15) is 4.79 Å². The van der Waals surface area contributed by atoms with Gasteiger partial charge in [0.1, 0.15) is 0 Å². The number of carbonyl (C=O) groups is 1. The molecule has 1 rings (SSSR count). The third kappa shape index (κ3) is 4.97. The molecular formula is C18H30O. The van der Waals surface area contributed by atoms with Crippen LogP contribution in [-0.2, 0) is 4.79 Å². The van der Waals surface area contributed by atoms with Gasteiger partial charge in [0.15, 0.2) is 5.78 Å². The zero-order chi connectivity index (χ0) is 14.1. The third-order valence-corrected chi connectivity index (χ3v) is 3.89. The molecule has 1 aliphatic rings. The Morgan fingerprint density at radius 1 is 0.895 bits per heavy atom. The quantitative estimate of drug-likeness (QED) is 0.483. The molecule has 0 radical (unpaired) electrons. The van der Waals surface area contributed by atoms with E-state index in [0.29, 0.717) is 12.2 Å². The lowest BCUT2D eigenvalue weighted by Gasteiger charge is -2.06. The Labute approximate surface area is 119 Å². The van der Waals surface area contributed by atoms with Gasteiger partial charge >= 0.3 is 0 Å². The Bertz CT molecular complexity index is 347. The lowest BCUT2D eigenvalue weighted by molar-refractivity contribution is -0.114. The summed E-state index contributed by atoms with van der Waals surface area (Å²) in [4.78, 5) is 12.1. The van der Waals surface area contributed by atoms with Crippen LogP contribution in [0.1, 0.15) is 85.0 Å². The van der Waals surface area contributed by atoms with Gasteiger partial charge in [-0.25, -0.2) is 0 Å². The second-order valence-corrected chi connectivity index (χ2v) is 5.64. The fraction of sp³-hybridized carbons (Fsp3) is 0.722. The van der Waals surface area contributed by atoms with E-state index in [1.54, 1.807) is 0 Å². The summed E-state index contributed by atoms with van der Waals surface area (Å²) >= 11 is 0. The minimum Gasteiger partial charge on any atom is -0.294 e. The van der Waals surface area contributed by atoms with Crippen LogP contribution in [0.2, 0.25) is 0 Å². The van der Waals surface area contributed by atoms with Crippen molar-refractivity contribution in [1.29, 1.82) is 0 Å². The van der Waals surface area contributed by atoms with Crippen molar-refractivity contribution in [3.8, 4) is 0 Å². The standard InChI is InChI=1S/C18H30O/c1-4-7-8-9-10-13-15-14-18(19)17(12-6-3)16(15)11-5-2/h13H,4-12,14H2,1-3H3/b15-13-. The Morgan fingerprint density at radius 3 is 2.21 bits per heavy atom. The molecule has 0 aromatic heterocycles. The minimum atomic E-state index is 0.394. The van der Waals surface area contributed by atoms with Crippen molar-refractivity contribution in [2.45, 2.75) is 85.0 Å². The lowest BCUT2D eigenvalue weighted by atomic mass is 9.99. The number of allylic oxidation sites excluding steroid dienone is 4. The molecule has 108 valence electrons. The normalized spacial score (nSPS) is 17.8. The van der Waals surface area contributed by atoms with Crippen LogP contribution in [0, 0.1) is 0 Å². The SMILES string of the molecule is CCCCCC/C=C1/CC(=O)C(CCC)=C1CCC. The molecule has 1 heteroatoms. The number of carbonyl (C=O) groups excluding carboxylic acids is 1. The van der Waals surface area contributed by atoms with Crippen LogP contribution >= 0.6 is 0 Å². The Morgan fingerprint density at radius 2 is 1.58 bits per heavy atom. The highest BCUT2D eigenvalue weighted by Crippen LogP contribution is 2.34. The maximum absolute atomic E-state index is 12.1. The predicted molar refractivity (Wildman–Crippen MR) is 83.3 cm³/mol. The molecule has 0 amide bonds. The van der Waals surface area contributed by atoms with E-state index in [1.807, 2.05) is 0 Å². The van der Waals surface area contributed by atoms with E-state index in [-0.39, 0.29) is 0 Å². The molecule has 0 spiro atoms. The molecule has 0 aliphatic heterocycles. The maximum atomic E-state index is 12.1. The molecule has 1 nitrogen and oxygen atoms in total. The van der Waals surface area contributed by atoms with Gasteiger partial charge in [0, 0.05) is 6.42 Å². The molecule has 0 atom stereocenters. The van der Waals surface area contributed by atoms with Gasteiger partial charge in [0.2, 0.25) is 0 Å². The number of hydrogen-bond donors (Lipinski definition) is 0. The molecule has 0 heterocycles.